The third kappa shape index (κ3) is 3.19. The van der Waals surface area contributed by atoms with E-state index < -0.39 is 32.8 Å². The number of rotatable bonds is 4. The molecule has 0 bridgehead atoms. The summed E-state index contributed by atoms with van der Waals surface area (Å²) in [4.78, 5) is 12.2. The Morgan fingerprint density at radius 3 is 2.35 bits per heavy atom. The second kappa shape index (κ2) is 5.88. The fourth-order valence-corrected chi connectivity index (χ4v) is 2.93. The van der Waals surface area contributed by atoms with Crippen molar-refractivity contribution in [1.82, 2.24) is 0 Å². The van der Waals surface area contributed by atoms with Gasteiger partial charge in [0.2, 0.25) is 0 Å². The number of carbonyl (C=O) groups is 1. The molecule has 0 amide bonds. The van der Waals surface area contributed by atoms with Gasteiger partial charge in [-0.1, -0.05) is 30.3 Å². The normalized spacial score (nSPS) is 21.7. The molecule has 0 aromatic heterocycles. The average molecular weight is 350 g/mol. The number of hydrogen-bond donors (Lipinski definition) is 0. The summed E-state index contributed by atoms with van der Waals surface area (Å²) in [6.07, 6.45) is 0.989. The van der Waals surface area contributed by atoms with Crippen LogP contribution < -0.4 is 0 Å². The van der Waals surface area contributed by atoms with Crippen molar-refractivity contribution in [1.29, 1.82) is 0 Å². The Kier molecular flexibility index (Phi) is 4.43. The van der Waals surface area contributed by atoms with E-state index in [4.69, 9.17) is 4.74 Å². The first-order valence-corrected chi connectivity index (χ1v) is 7.90. The summed E-state index contributed by atoms with van der Waals surface area (Å²) in [7, 11) is -4.62. The van der Waals surface area contributed by atoms with Crippen LogP contribution in [0.3, 0.4) is 0 Å². The van der Waals surface area contributed by atoms with Crippen molar-refractivity contribution in [3.8, 4) is 0 Å². The van der Waals surface area contributed by atoms with Crippen LogP contribution in [-0.4, -0.2) is 27.0 Å². The van der Waals surface area contributed by atoms with E-state index in [1.807, 2.05) is 0 Å². The lowest BCUT2D eigenvalue weighted by molar-refractivity contribution is -0.145. The minimum absolute atomic E-state index is 0.0480. The number of carbonyl (C=O) groups excluding carboxylic acids is 1. The third-order valence-corrected chi connectivity index (χ3v) is 4.51. The summed E-state index contributed by atoms with van der Waals surface area (Å²) in [5.74, 6) is -1.14. The molecule has 5 nitrogen and oxygen atoms in total. The number of allylic oxidation sites excluding steroid dienone is 1. The molecule has 1 aromatic rings. The van der Waals surface area contributed by atoms with Crippen molar-refractivity contribution in [2.24, 2.45) is 0 Å². The molecule has 1 atom stereocenters. The van der Waals surface area contributed by atoms with Crippen LogP contribution in [0.1, 0.15) is 18.4 Å². The minimum Gasteiger partial charge on any atom is -0.468 e. The van der Waals surface area contributed by atoms with E-state index in [-0.39, 0.29) is 12.8 Å². The topological polar surface area (TPSA) is 69.7 Å². The number of halogens is 3. The summed E-state index contributed by atoms with van der Waals surface area (Å²) in [5, 5.41) is 0. The maximum atomic E-state index is 12.4. The predicted octanol–water partition coefficient (Wildman–Crippen LogP) is 2.64. The Morgan fingerprint density at radius 1 is 1.22 bits per heavy atom. The Morgan fingerprint density at radius 2 is 1.83 bits per heavy atom. The molecule has 1 aliphatic carbocycles. The molecular formula is C14H13F3O5S. The molecule has 0 spiro atoms. The van der Waals surface area contributed by atoms with Crippen LogP contribution in [0.25, 0.3) is 0 Å². The van der Waals surface area contributed by atoms with Crippen molar-refractivity contribution in [2.75, 3.05) is 7.11 Å². The summed E-state index contributed by atoms with van der Waals surface area (Å²) >= 11 is 0. The van der Waals surface area contributed by atoms with E-state index in [9.17, 15) is 26.4 Å². The van der Waals surface area contributed by atoms with Crippen molar-refractivity contribution in [2.45, 2.75) is 23.8 Å². The molecule has 0 aliphatic heterocycles. The minimum atomic E-state index is -5.77. The average Bonchev–Trinajstić information content (AvgIpc) is 2.90. The highest BCUT2D eigenvalue weighted by molar-refractivity contribution is 7.87. The highest BCUT2D eigenvalue weighted by Crippen LogP contribution is 2.42. The number of hydrogen-bond acceptors (Lipinski definition) is 5. The molecule has 2 rings (SSSR count). The van der Waals surface area contributed by atoms with Gasteiger partial charge in [-0.25, -0.2) is 0 Å². The lowest BCUT2D eigenvalue weighted by Gasteiger charge is -2.24. The highest BCUT2D eigenvalue weighted by Gasteiger charge is 2.51. The summed E-state index contributed by atoms with van der Waals surface area (Å²) < 4.78 is 68.2. The molecule has 9 heteroatoms. The maximum Gasteiger partial charge on any atom is 0.534 e. The Bertz CT molecular complexity index is 725. The summed E-state index contributed by atoms with van der Waals surface area (Å²) in [6, 6.07) is 8.22. The van der Waals surface area contributed by atoms with E-state index in [1.54, 1.807) is 30.3 Å². The van der Waals surface area contributed by atoms with Gasteiger partial charge in [-0.3, -0.25) is 4.79 Å². The molecule has 0 saturated carbocycles. The zero-order valence-electron chi connectivity index (χ0n) is 12.0. The predicted molar refractivity (Wildman–Crippen MR) is 73.5 cm³/mol. The van der Waals surface area contributed by atoms with Crippen LogP contribution in [0.5, 0.6) is 0 Å². The van der Waals surface area contributed by atoms with Crippen molar-refractivity contribution in [3.63, 3.8) is 0 Å². The first-order valence-electron chi connectivity index (χ1n) is 6.49. The zero-order valence-corrected chi connectivity index (χ0v) is 12.8. The van der Waals surface area contributed by atoms with Gasteiger partial charge in [-0.05, 0) is 18.1 Å². The number of ether oxygens (including phenoxy) is 1. The first kappa shape index (κ1) is 17.3. The van der Waals surface area contributed by atoms with Crippen LogP contribution >= 0.6 is 0 Å². The largest absolute Gasteiger partial charge is 0.534 e. The molecule has 0 N–H and O–H groups in total. The Hall–Kier alpha value is -2.03. The van der Waals surface area contributed by atoms with Gasteiger partial charge in [0.1, 0.15) is 11.2 Å². The molecule has 0 saturated heterocycles. The quantitative estimate of drug-likeness (QED) is 0.474. The van der Waals surface area contributed by atoms with Gasteiger partial charge in [-0.2, -0.15) is 21.6 Å². The van der Waals surface area contributed by atoms with Gasteiger partial charge in [0.05, 0.1) is 7.11 Å². The van der Waals surface area contributed by atoms with Crippen LogP contribution in [0.2, 0.25) is 0 Å². The standard InChI is InChI=1S/C14H13F3O5S/c1-21-12(18)13(10-5-3-2-4-6-10)8-7-11(9-13)22-23(19,20)14(15,16)17/h2-6,9H,7-8H2,1H3. The maximum absolute atomic E-state index is 12.4. The second-order valence-electron chi connectivity index (χ2n) is 4.92. The third-order valence-electron chi connectivity index (χ3n) is 3.51. The van der Waals surface area contributed by atoms with Gasteiger partial charge < -0.3 is 8.92 Å². The van der Waals surface area contributed by atoms with E-state index in [0.29, 0.717) is 5.56 Å². The van der Waals surface area contributed by atoms with Gasteiger partial charge in [-0.15, -0.1) is 0 Å². The molecule has 0 heterocycles. The summed E-state index contributed by atoms with van der Waals surface area (Å²) in [6.45, 7) is 0. The second-order valence-corrected chi connectivity index (χ2v) is 6.46. The molecule has 23 heavy (non-hydrogen) atoms. The lowest BCUT2D eigenvalue weighted by Crippen LogP contribution is -2.33. The van der Waals surface area contributed by atoms with Crippen molar-refractivity contribution < 1.29 is 35.3 Å². The number of alkyl halides is 3. The summed E-state index contributed by atoms with van der Waals surface area (Å²) in [5.41, 5.74) is -6.42. The molecule has 126 valence electrons. The highest BCUT2D eigenvalue weighted by atomic mass is 32.2. The van der Waals surface area contributed by atoms with Gasteiger partial charge in [0.25, 0.3) is 0 Å². The van der Waals surface area contributed by atoms with Crippen LogP contribution in [-0.2, 0) is 29.2 Å². The van der Waals surface area contributed by atoms with Gasteiger partial charge in [0.15, 0.2) is 0 Å². The van der Waals surface area contributed by atoms with E-state index >= 15 is 0 Å². The van der Waals surface area contributed by atoms with E-state index in [1.165, 1.54) is 0 Å². The molecular weight excluding hydrogens is 337 g/mol. The first-order chi connectivity index (χ1) is 10.6. The molecule has 0 fully saturated rings. The monoisotopic (exact) mass is 350 g/mol. The van der Waals surface area contributed by atoms with Gasteiger partial charge >= 0.3 is 21.6 Å². The molecule has 1 unspecified atom stereocenters. The SMILES string of the molecule is COC(=O)C1(c2ccccc2)C=C(OS(=O)(=O)C(F)(F)F)CC1. The fraction of sp³-hybridized carbons (Fsp3) is 0.357. The van der Waals surface area contributed by atoms with Crippen LogP contribution in [0, 0.1) is 0 Å². The fourth-order valence-electron chi connectivity index (χ4n) is 2.42. The van der Waals surface area contributed by atoms with Crippen LogP contribution in [0.15, 0.2) is 42.2 Å². The Labute approximate surface area is 130 Å². The molecule has 0 radical (unpaired) electrons. The number of methoxy groups -OCH3 is 1. The van der Waals surface area contributed by atoms with E-state index in [2.05, 4.69) is 4.18 Å². The molecule has 1 aliphatic rings. The number of esters is 1. The lowest BCUT2D eigenvalue weighted by atomic mass is 9.80. The van der Waals surface area contributed by atoms with Crippen LogP contribution in [0.4, 0.5) is 13.2 Å². The zero-order chi connectivity index (χ0) is 17.3. The van der Waals surface area contributed by atoms with Crippen molar-refractivity contribution >= 4 is 16.1 Å². The van der Waals surface area contributed by atoms with Crippen molar-refractivity contribution in [3.05, 3.63) is 47.7 Å². The smallest absolute Gasteiger partial charge is 0.468 e. The van der Waals surface area contributed by atoms with E-state index in [0.717, 1.165) is 13.2 Å². The van der Waals surface area contributed by atoms with Gasteiger partial charge in [0, 0.05) is 6.42 Å². The Balaban J connectivity index is 2.42. The molecule has 1 aromatic carbocycles. The number of benzene rings is 1.